The summed E-state index contributed by atoms with van der Waals surface area (Å²) in [7, 11) is 0. The van der Waals surface area contributed by atoms with Crippen molar-refractivity contribution in [1.82, 2.24) is 35.3 Å². The molecule has 0 atom stereocenters. The highest BCUT2D eigenvalue weighted by atomic mass is 32.2. The Morgan fingerprint density at radius 1 is 1.39 bits per heavy atom. The number of ether oxygens (including phenoxy) is 1. The lowest BCUT2D eigenvalue weighted by Gasteiger charge is -2.04. The van der Waals surface area contributed by atoms with E-state index < -0.39 is 5.97 Å². The molecule has 28 heavy (non-hydrogen) atoms. The van der Waals surface area contributed by atoms with E-state index in [1.165, 1.54) is 16.4 Å². The highest BCUT2D eigenvalue weighted by molar-refractivity contribution is 7.98. The van der Waals surface area contributed by atoms with Gasteiger partial charge in [-0.3, -0.25) is 0 Å². The fraction of sp³-hybridized carbons (Fsp3) is 0.250. The van der Waals surface area contributed by atoms with E-state index in [4.69, 9.17) is 10.5 Å². The van der Waals surface area contributed by atoms with Crippen LogP contribution < -0.4 is 5.73 Å². The lowest BCUT2D eigenvalue weighted by Crippen LogP contribution is -2.10. The van der Waals surface area contributed by atoms with Gasteiger partial charge in [0.15, 0.2) is 10.9 Å². The van der Waals surface area contributed by atoms with Crippen LogP contribution in [-0.4, -0.2) is 47.9 Å². The summed E-state index contributed by atoms with van der Waals surface area (Å²) in [5.74, 6) is -0.0871. The molecule has 0 unspecified atom stereocenters. The third-order valence-electron chi connectivity index (χ3n) is 3.89. The Kier molecular flexibility index (Phi) is 4.69. The number of aryl methyl sites for hydroxylation is 1. The molecule has 0 saturated carbocycles. The molecule has 0 spiro atoms. The number of thioether (sulfide) groups is 1. The van der Waals surface area contributed by atoms with E-state index in [0.29, 0.717) is 16.6 Å². The molecule has 0 aliphatic rings. The SMILES string of the molecule is CCOC(=O)c1nnn(-c2nonc2N)c1CSc1nc2ccc(C)cc2[nH]1. The van der Waals surface area contributed by atoms with Crippen molar-refractivity contribution in [1.29, 1.82) is 0 Å². The van der Waals surface area contributed by atoms with Gasteiger partial charge in [-0.15, -0.1) is 5.10 Å². The molecule has 12 heteroatoms. The van der Waals surface area contributed by atoms with Crippen LogP contribution >= 0.6 is 11.8 Å². The molecule has 0 aliphatic carbocycles. The number of aromatic amines is 1. The first-order valence-corrected chi connectivity index (χ1v) is 9.34. The summed E-state index contributed by atoms with van der Waals surface area (Å²) in [6.45, 7) is 3.95. The Bertz CT molecular complexity index is 1150. The maximum Gasteiger partial charge on any atom is 0.360 e. The third kappa shape index (κ3) is 3.29. The van der Waals surface area contributed by atoms with Crippen LogP contribution in [0.25, 0.3) is 16.9 Å². The van der Waals surface area contributed by atoms with Gasteiger partial charge < -0.3 is 15.5 Å². The van der Waals surface area contributed by atoms with Gasteiger partial charge in [0.05, 0.1) is 23.3 Å². The minimum atomic E-state index is -0.584. The minimum absolute atomic E-state index is 0.0331. The van der Waals surface area contributed by atoms with E-state index in [0.717, 1.165) is 16.6 Å². The van der Waals surface area contributed by atoms with E-state index in [9.17, 15) is 4.79 Å². The first kappa shape index (κ1) is 18.0. The number of anilines is 1. The molecule has 4 rings (SSSR count). The summed E-state index contributed by atoms with van der Waals surface area (Å²) in [5.41, 5.74) is 9.20. The zero-order chi connectivity index (χ0) is 19.7. The van der Waals surface area contributed by atoms with Crippen molar-refractivity contribution in [2.24, 2.45) is 0 Å². The van der Waals surface area contributed by atoms with Crippen molar-refractivity contribution in [2.45, 2.75) is 24.8 Å². The molecule has 3 N–H and O–H groups in total. The normalized spacial score (nSPS) is 11.2. The first-order chi connectivity index (χ1) is 13.6. The number of nitrogen functional groups attached to an aromatic ring is 1. The summed E-state index contributed by atoms with van der Waals surface area (Å²) in [6.07, 6.45) is 0. The molecule has 0 radical (unpaired) electrons. The van der Waals surface area contributed by atoms with Gasteiger partial charge in [-0.25, -0.2) is 14.4 Å². The number of hydrogen-bond donors (Lipinski definition) is 2. The number of nitrogens with two attached hydrogens (primary N) is 1. The highest BCUT2D eigenvalue weighted by Crippen LogP contribution is 2.26. The molecule has 3 aromatic heterocycles. The van der Waals surface area contributed by atoms with Gasteiger partial charge in [0.1, 0.15) is 0 Å². The molecular weight excluding hydrogens is 384 g/mol. The van der Waals surface area contributed by atoms with E-state index in [-0.39, 0.29) is 23.9 Å². The van der Waals surface area contributed by atoms with Gasteiger partial charge in [0.2, 0.25) is 11.6 Å². The standard InChI is InChI=1S/C16H16N8O3S/c1-3-26-15(25)12-11(24(23-20-12)14-13(17)21-27-22-14)7-28-16-18-9-5-4-8(2)6-10(9)19-16/h4-6H,3,7H2,1-2H3,(H2,17,21)(H,18,19). The van der Waals surface area contributed by atoms with Crippen LogP contribution in [0.4, 0.5) is 5.82 Å². The molecule has 144 valence electrons. The average Bonchev–Trinajstić information content (AvgIpc) is 3.37. The van der Waals surface area contributed by atoms with E-state index in [1.807, 2.05) is 25.1 Å². The number of esters is 1. The smallest absolute Gasteiger partial charge is 0.360 e. The van der Waals surface area contributed by atoms with Crippen LogP contribution in [0.15, 0.2) is 28.0 Å². The number of carbonyl (C=O) groups excluding carboxylic acids is 1. The summed E-state index contributed by atoms with van der Waals surface area (Å²) < 4.78 is 11.0. The molecule has 0 saturated heterocycles. The number of aromatic nitrogens is 7. The van der Waals surface area contributed by atoms with Crippen molar-refractivity contribution in [3.8, 4) is 5.82 Å². The second-order valence-electron chi connectivity index (χ2n) is 5.84. The number of H-pyrrole nitrogens is 1. The number of carbonyl (C=O) groups is 1. The summed E-state index contributed by atoms with van der Waals surface area (Å²) in [6, 6.07) is 5.96. The Labute approximate surface area is 162 Å². The number of fused-ring (bicyclic) bond motifs is 1. The van der Waals surface area contributed by atoms with Crippen molar-refractivity contribution in [3.63, 3.8) is 0 Å². The number of imidazole rings is 1. The first-order valence-electron chi connectivity index (χ1n) is 8.36. The molecule has 0 bridgehead atoms. The zero-order valence-corrected chi connectivity index (χ0v) is 15.9. The number of rotatable bonds is 6. The highest BCUT2D eigenvalue weighted by Gasteiger charge is 2.25. The van der Waals surface area contributed by atoms with Gasteiger partial charge in [-0.2, -0.15) is 4.68 Å². The topological polar surface area (TPSA) is 151 Å². The zero-order valence-electron chi connectivity index (χ0n) is 15.0. The maximum absolute atomic E-state index is 12.3. The average molecular weight is 400 g/mol. The molecule has 0 aliphatic heterocycles. The van der Waals surface area contributed by atoms with Crippen molar-refractivity contribution < 1.29 is 14.2 Å². The van der Waals surface area contributed by atoms with Crippen molar-refractivity contribution in [2.75, 3.05) is 12.3 Å². The molecule has 4 aromatic rings. The quantitative estimate of drug-likeness (QED) is 0.362. The van der Waals surface area contributed by atoms with Crippen LogP contribution in [0.1, 0.15) is 28.7 Å². The van der Waals surface area contributed by atoms with Gasteiger partial charge in [0, 0.05) is 5.75 Å². The molecule has 0 fully saturated rings. The van der Waals surface area contributed by atoms with Crippen molar-refractivity contribution in [3.05, 3.63) is 35.2 Å². The van der Waals surface area contributed by atoms with Gasteiger partial charge >= 0.3 is 5.97 Å². The largest absolute Gasteiger partial charge is 0.461 e. The summed E-state index contributed by atoms with van der Waals surface area (Å²) in [5, 5.41) is 15.9. The third-order valence-corrected chi connectivity index (χ3v) is 4.77. The van der Waals surface area contributed by atoms with Crippen molar-refractivity contribution >= 4 is 34.6 Å². The lowest BCUT2D eigenvalue weighted by molar-refractivity contribution is 0.0518. The Morgan fingerprint density at radius 3 is 3.00 bits per heavy atom. The monoisotopic (exact) mass is 400 g/mol. The van der Waals surface area contributed by atoms with E-state index in [1.54, 1.807) is 6.92 Å². The fourth-order valence-electron chi connectivity index (χ4n) is 2.60. The Hall–Kier alpha value is -3.41. The Balaban J connectivity index is 1.67. The van der Waals surface area contributed by atoms with E-state index >= 15 is 0 Å². The number of benzene rings is 1. The summed E-state index contributed by atoms with van der Waals surface area (Å²) >= 11 is 1.38. The van der Waals surface area contributed by atoms with Crippen LogP contribution in [0, 0.1) is 6.92 Å². The second-order valence-corrected chi connectivity index (χ2v) is 6.81. The summed E-state index contributed by atoms with van der Waals surface area (Å²) in [4.78, 5) is 20.1. The molecule has 11 nitrogen and oxygen atoms in total. The second kappa shape index (κ2) is 7.31. The van der Waals surface area contributed by atoms with Gasteiger partial charge in [-0.1, -0.05) is 23.0 Å². The molecular formula is C16H16N8O3S. The lowest BCUT2D eigenvalue weighted by atomic mass is 10.2. The molecule has 3 heterocycles. The van der Waals surface area contributed by atoms with Gasteiger partial charge in [0.25, 0.3) is 0 Å². The number of hydrogen-bond acceptors (Lipinski definition) is 10. The molecule has 1 aromatic carbocycles. The number of nitrogens with zero attached hydrogens (tertiary/aromatic N) is 6. The fourth-order valence-corrected chi connectivity index (χ4v) is 3.48. The van der Waals surface area contributed by atoms with Crippen LogP contribution in [0.2, 0.25) is 0 Å². The number of nitrogens with one attached hydrogen (secondary N) is 1. The molecule has 0 amide bonds. The van der Waals surface area contributed by atoms with Crippen LogP contribution in [0.5, 0.6) is 0 Å². The van der Waals surface area contributed by atoms with E-state index in [2.05, 4.69) is 35.2 Å². The predicted octanol–water partition coefficient (Wildman–Crippen LogP) is 1.89. The Morgan fingerprint density at radius 2 is 2.25 bits per heavy atom. The van der Waals surface area contributed by atoms with Crippen LogP contribution in [0.3, 0.4) is 0 Å². The minimum Gasteiger partial charge on any atom is -0.461 e. The van der Waals surface area contributed by atoms with Gasteiger partial charge in [-0.05, 0) is 41.9 Å². The van der Waals surface area contributed by atoms with Crippen LogP contribution in [-0.2, 0) is 10.5 Å². The predicted molar refractivity (Wildman–Crippen MR) is 100.0 cm³/mol. The maximum atomic E-state index is 12.3.